The SMILES string of the molecule is COc1ccc(-n2c(CC3CC(=O)NC(=O)N3)nnc2SCC(=O)NC2CCCCC2)cc1. The Labute approximate surface area is 196 Å². The quantitative estimate of drug-likeness (QED) is 0.501. The lowest BCUT2D eigenvalue weighted by atomic mass is 9.95. The van der Waals surface area contributed by atoms with Gasteiger partial charge in [0.15, 0.2) is 5.16 Å². The van der Waals surface area contributed by atoms with Crippen LogP contribution in [0.2, 0.25) is 0 Å². The number of aromatic nitrogens is 3. The molecule has 2 aromatic rings. The van der Waals surface area contributed by atoms with Gasteiger partial charge >= 0.3 is 6.03 Å². The summed E-state index contributed by atoms with van der Waals surface area (Å²) >= 11 is 1.31. The van der Waals surface area contributed by atoms with Crippen LogP contribution < -0.4 is 20.7 Å². The summed E-state index contributed by atoms with van der Waals surface area (Å²) in [6.45, 7) is 0. The summed E-state index contributed by atoms with van der Waals surface area (Å²) in [5.74, 6) is 1.19. The molecule has 1 atom stereocenters. The predicted molar refractivity (Wildman–Crippen MR) is 122 cm³/mol. The molecule has 1 unspecified atom stereocenters. The Hall–Kier alpha value is -3.08. The van der Waals surface area contributed by atoms with Gasteiger partial charge in [-0.3, -0.25) is 19.5 Å². The number of rotatable bonds is 8. The molecule has 2 heterocycles. The lowest BCUT2D eigenvalue weighted by Gasteiger charge is -2.23. The van der Waals surface area contributed by atoms with E-state index in [1.807, 2.05) is 28.8 Å². The molecule has 2 fully saturated rings. The summed E-state index contributed by atoms with van der Waals surface area (Å²) in [6.07, 6.45) is 6.09. The normalized spacial score (nSPS) is 19.0. The van der Waals surface area contributed by atoms with E-state index in [4.69, 9.17) is 4.74 Å². The van der Waals surface area contributed by atoms with Crippen molar-refractivity contribution in [1.82, 2.24) is 30.7 Å². The number of urea groups is 1. The van der Waals surface area contributed by atoms with Gasteiger partial charge in [0, 0.05) is 30.6 Å². The third kappa shape index (κ3) is 6.04. The fraction of sp³-hybridized carbons (Fsp3) is 0.500. The van der Waals surface area contributed by atoms with Crippen LogP contribution in [0.5, 0.6) is 5.75 Å². The van der Waals surface area contributed by atoms with E-state index >= 15 is 0 Å². The van der Waals surface area contributed by atoms with Gasteiger partial charge in [0.05, 0.1) is 12.9 Å². The van der Waals surface area contributed by atoms with Crippen LogP contribution in [0.15, 0.2) is 29.4 Å². The number of nitrogens with one attached hydrogen (secondary N) is 3. The summed E-state index contributed by atoms with van der Waals surface area (Å²) in [4.78, 5) is 36.0. The van der Waals surface area contributed by atoms with E-state index in [2.05, 4.69) is 26.1 Å². The Balaban J connectivity index is 1.51. The van der Waals surface area contributed by atoms with Crippen molar-refractivity contribution >= 4 is 29.6 Å². The maximum atomic E-state index is 12.5. The molecule has 1 aromatic heterocycles. The largest absolute Gasteiger partial charge is 0.497 e. The molecular formula is C22H28N6O4S. The van der Waals surface area contributed by atoms with Crippen molar-refractivity contribution in [2.75, 3.05) is 12.9 Å². The number of hydrogen-bond donors (Lipinski definition) is 3. The fourth-order valence-electron chi connectivity index (χ4n) is 4.18. The molecule has 0 spiro atoms. The van der Waals surface area contributed by atoms with E-state index in [-0.39, 0.29) is 36.1 Å². The Morgan fingerprint density at radius 2 is 1.94 bits per heavy atom. The molecule has 4 amide bonds. The topological polar surface area (TPSA) is 127 Å². The molecule has 176 valence electrons. The number of nitrogens with zero attached hydrogens (tertiary/aromatic N) is 3. The zero-order valence-electron chi connectivity index (χ0n) is 18.5. The molecule has 10 nitrogen and oxygen atoms in total. The minimum atomic E-state index is -0.513. The van der Waals surface area contributed by atoms with E-state index in [0.717, 1.165) is 31.4 Å². The van der Waals surface area contributed by atoms with Crippen LogP contribution in [0.3, 0.4) is 0 Å². The zero-order chi connectivity index (χ0) is 23.2. The Morgan fingerprint density at radius 1 is 1.18 bits per heavy atom. The van der Waals surface area contributed by atoms with Crippen molar-refractivity contribution in [3.63, 3.8) is 0 Å². The highest BCUT2D eigenvalue weighted by atomic mass is 32.2. The molecule has 0 bridgehead atoms. The molecule has 4 rings (SSSR count). The van der Waals surface area contributed by atoms with Crippen LogP contribution in [0, 0.1) is 0 Å². The van der Waals surface area contributed by atoms with Gasteiger partial charge in [0.25, 0.3) is 0 Å². The third-order valence-electron chi connectivity index (χ3n) is 5.78. The number of ether oxygens (including phenoxy) is 1. The van der Waals surface area contributed by atoms with Crippen LogP contribution in [0.25, 0.3) is 5.69 Å². The summed E-state index contributed by atoms with van der Waals surface area (Å²) in [5, 5.41) is 17.3. The smallest absolute Gasteiger partial charge is 0.321 e. The van der Waals surface area contributed by atoms with Crippen molar-refractivity contribution in [2.45, 2.75) is 62.2 Å². The first kappa shape index (κ1) is 23.1. The number of carbonyl (C=O) groups is 3. The van der Waals surface area contributed by atoms with Crippen LogP contribution in [0.1, 0.15) is 44.3 Å². The summed E-state index contributed by atoms with van der Waals surface area (Å²) in [7, 11) is 1.60. The maximum Gasteiger partial charge on any atom is 0.321 e. The number of methoxy groups -OCH3 is 1. The average molecular weight is 473 g/mol. The van der Waals surface area contributed by atoms with Gasteiger partial charge < -0.3 is 15.4 Å². The third-order valence-corrected chi connectivity index (χ3v) is 6.71. The molecule has 33 heavy (non-hydrogen) atoms. The van der Waals surface area contributed by atoms with Gasteiger partial charge in [-0.1, -0.05) is 31.0 Å². The lowest BCUT2D eigenvalue weighted by Crippen LogP contribution is -2.53. The summed E-state index contributed by atoms with van der Waals surface area (Å²) in [5.41, 5.74) is 0.803. The van der Waals surface area contributed by atoms with Crippen molar-refractivity contribution in [3.8, 4) is 11.4 Å². The van der Waals surface area contributed by atoms with Gasteiger partial charge in [-0.2, -0.15) is 0 Å². The number of imide groups is 1. The molecule has 11 heteroatoms. The second kappa shape index (κ2) is 10.7. The second-order valence-corrected chi connectivity index (χ2v) is 9.19. The van der Waals surface area contributed by atoms with E-state index < -0.39 is 6.03 Å². The first-order chi connectivity index (χ1) is 16.0. The molecule has 1 aliphatic carbocycles. The lowest BCUT2D eigenvalue weighted by molar-refractivity contribution is -0.121. The standard InChI is InChI=1S/C22H28N6O4S/c1-32-17-9-7-16(8-10-17)28-18(11-15-12-19(29)25-21(31)24-15)26-27-22(28)33-13-20(30)23-14-5-3-2-4-6-14/h7-10,14-15H,2-6,11-13H2,1H3,(H,23,30)(H2,24,25,29,31). The van der Waals surface area contributed by atoms with Crippen molar-refractivity contribution in [2.24, 2.45) is 0 Å². The van der Waals surface area contributed by atoms with Gasteiger partial charge in [-0.15, -0.1) is 10.2 Å². The highest BCUT2D eigenvalue weighted by molar-refractivity contribution is 7.99. The monoisotopic (exact) mass is 472 g/mol. The van der Waals surface area contributed by atoms with Crippen LogP contribution in [-0.2, 0) is 16.0 Å². The first-order valence-electron chi connectivity index (χ1n) is 11.1. The Morgan fingerprint density at radius 3 is 2.64 bits per heavy atom. The fourth-order valence-corrected chi connectivity index (χ4v) is 4.96. The molecular weight excluding hydrogens is 444 g/mol. The Kier molecular flexibility index (Phi) is 7.48. The van der Waals surface area contributed by atoms with Gasteiger partial charge in [0.1, 0.15) is 11.6 Å². The summed E-state index contributed by atoms with van der Waals surface area (Å²) < 4.78 is 7.11. The maximum absolute atomic E-state index is 12.5. The van der Waals surface area contributed by atoms with Crippen LogP contribution >= 0.6 is 11.8 Å². The number of benzene rings is 1. The van der Waals surface area contributed by atoms with Gasteiger partial charge in [0.2, 0.25) is 11.8 Å². The van der Waals surface area contributed by atoms with Crippen molar-refractivity contribution in [3.05, 3.63) is 30.1 Å². The zero-order valence-corrected chi connectivity index (χ0v) is 19.3. The average Bonchev–Trinajstić information content (AvgIpc) is 3.20. The minimum absolute atomic E-state index is 0.0195. The van der Waals surface area contributed by atoms with Crippen LogP contribution in [0.4, 0.5) is 4.79 Å². The van der Waals surface area contributed by atoms with E-state index in [9.17, 15) is 14.4 Å². The highest BCUT2D eigenvalue weighted by Gasteiger charge is 2.27. The van der Waals surface area contributed by atoms with Crippen LogP contribution in [-0.4, -0.2) is 57.6 Å². The number of hydrogen-bond acceptors (Lipinski definition) is 7. The van der Waals surface area contributed by atoms with E-state index in [1.165, 1.54) is 18.2 Å². The molecule has 3 N–H and O–H groups in total. The molecule has 0 radical (unpaired) electrons. The van der Waals surface area contributed by atoms with Gasteiger partial charge in [-0.05, 0) is 37.1 Å². The second-order valence-electron chi connectivity index (χ2n) is 8.25. The van der Waals surface area contributed by atoms with Crippen molar-refractivity contribution in [1.29, 1.82) is 0 Å². The number of amides is 4. The number of carbonyl (C=O) groups excluding carboxylic acids is 3. The van der Waals surface area contributed by atoms with Crippen molar-refractivity contribution < 1.29 is 19.1 Å². The van der Waals surface area contributed by atoms with E-state index in [0.29, 0.717) is 23.2 Å². The Bertz CT molecular complexity index is 987. The minimum Gasteiger partial charge on any atom is -0.497 e. The number of thioether (sulfide) groups is 1. The molecule has 1 saturated heterocycles. The van der Waals surface area contributed by atoms with E-state index in [1.54, 1.807) is 7.11 Å². The molecule has 1 saturated carbocycles. The van der Waals surface area contributed by atoms with Gasteiger partial charge in [-0.25, -0.2) is 4.79 Å². The molecule has 2 aliphatic rings. The molecule has 1 aliphatic heterocycles. The first-order valence-corrected chi connectivity index (χ1v) is 12.1. The highest BCUT2D eigenvalue weighted by Crippen LogP contribution is 2.25. The molecule has 1 aromatic carbocycles. The summed E-state index contributed by atoms with van der Waals surface area (Å²) in [6, 6.07) is 6.77. The predicted octanol–water partition coefficient (Wildman–Crippen LogP) is 1.96.